The molecule has 2 heterocycles. The van der Waals surface area contributed by atoms with Gasteiger partial charge in [-0.1, -0.05) is 0 Å². The van der Waals surface area contributed by atoms with Gasteiger partial charge in [-0.05, 0) is 13.0 Å². The molecule has 0 aromatic carbocycles. The number of rotatable bonds is 3. The lowest BCUT2D eigenvalue weighted by Crippen LogP contribution is -2.24. The Morgan fingerprint density at radius 2 is 2.21 bits per heavy atom. The van der Waals surface area contributed by atoms with Crippen LogP contribution in [0.1, 0.15) is 16.1 Å². The van der Waals surface area contributed by atoms with Gasteiger partial charge in [-0.2, -0.15) is 0 Å². The molecule has 100 valence electrons. The molecule has 0 saturated carbocycles. The zero-order valence-corrected chi connectivity index (χ0v) is 11.9. The molecule has 3 N–H and O–H groups in total. The van der Waals surface area contributed by atoms with Crippen LogP contribution < -0.4 is 11.3 Å². The van der Waals surface area contributed by atoms with E-state index in [-0.39, 0.29) is 5.56 Å². The zero-order chi connectivity index (χ0) is 14.2. The van der Waals surface area contributed by atoms with Gasteiger partial charge >= 0.3 is 0 Å². The van der Waals surface area contributed by atoms with Crippen molar-refractivity contribution in [2.24, 2.45) is 5.73 Å². The minimum atomic E-state index is -1.16. The van der Waals surface area contributed by atoms with Gasteiger partial charge in [0.25, 0.3) is 11.5 Å². The predicted molar refractivity (Wildman–Crippen MR) is 73.8 cm³/mol. The number of aryl methyl sites for hydroxylation is 1. The molecule has 1 unspecified atom stereocenters. The number of pyridine rings is 1. The quantitative estimate of drug-likeness (QED) is 0.867. The Balaban J connectivity index is 2.61. The maximum absolute atomic E-state index is 11.6. The first-order chi connectivity index (χ1) is 8.90. The lowest BCUT2D eigenvalue weighted by atomic mass is 10.1. The van der Waals surface area contributed by atoms with E-state index in [9.17, 15) is 13.8 Å². The van der Waals surface area contributed by atoms with E-state index in [1.165, 1.54) is 23.7 Å². The lowest BCUT2D eigenvalue weighted by molar-refractivity contribution is 0.0999. The summed E-state index contributed by atoms with van der Waals surface area (Å²) in [5.41, 5.74) is 6.23. The fourth-order valence-electron chi connectivity index (χ4n) is 1.59. The van der Waals surface area contributed by atoms with Crippen LogP contribution in [0.3, 0.4) is 0 Å². The Morgan fingerprint density at radius 1 is 1.53 bits per heavy atom. The highest BCUT2D eigenvalue weighted by atomic mass is 32.2. The molecule has 8 heteroatoms. The van der Waals surface area contributed by atoms with Crippen LogP contribution in [0, 0.1) is 6.92 Å². The standard InChI is InChI=1S/C11H11N3O3S2/c1-5-6(3-7(9(12)15)10(16)13-5)8-4-18-11(14-8)19(2)17/h3-4H,1-2H3,(H2,12,15)(H,13,16). The minimum absolute atomic E-state index is 0.118. The van der Waals surface area contributed by atoms with Gasteiger partial charge in [0.15, 0.2) is 4.34 Å². The molecule has 2 aromatic heterocycles. The third-order valence-electron chi connectivity index (χ3n) is 2.51. The van der Waals surface area contributed by atoms with Crippen molar-refractivity contribution in [3.63, 3.8) is 0 Å². The van der Waals surface area contributed by atoms with Crippen LogP contribution in [0.15, 0.2) is 20.6 Å². The van der Waals surface area contributed by atoms with Crippen molar-refractivity contribution in [2.45, 2.75) is 11.3 Å². The number of aromatic amines is 1. The topological polar surface area (TPSA) is 106 Å². The summed E-state index contributed by atoms with van der Waals surface area (Å²) in [4.78, 5) is 29.5. The summed E-state index contributed by atoms with van der Waals surface area (Å²) in [5.74, 6) is -0.794. The highest BCUT2D eigenvalue weighted by molar-refractivity contribution is 7.86. The van der Waals surface area contributed by atoms with Crippen molar-refractivity contribution < 1.29 is 9.00 Å². The highest BCUT2D eigenvalue weighted by Crippen LogP contribution is 2.25. The number of nitrogens with two attached hydrogens (primary N) is 1. The molecule has 0 bridgehead atoms. The third kappa shape index (κ3) is 2.64. The van der Waals surface area contributed by atoms with Crippen LogP contribution in [0.4, 0.5) is 0 Å². The molecule has 6 nitrogen and oxygen atoms in total. The molecule has 0 saturated heterocycles. The van der Waals surface area contributed by atoms with Gasteiger partial charge in [-0.25, -0.2) is 4.98 Å². The number of hydrogen-bond donors (Lipinski definition) is 2. The summed E-state index contributed by atoms with van der Waals surface area (Å²) in [7, 11) is -1.16. The third-order valence-corrected chi connectivity index (χ3v) is 4.72. The van der Waals surface area contributed by atoms with Gasteiger partial charge in [-0.15, -0.1) is 11.3 Å². The summed E-state index contributed by atoms with van der Waals surface area (Å²) in [6, 6.07) is 1.41. The fraction of sp³-hybridized carbons (Fsp3) is 0.182. The van der Waals surface area contributed by atoms with Crippen molar-refractivity contribution in [3.8, 4) is 11.3 Å². The average molecular weight is 297 g/mol. The molecule has 1 amide bonds. The van der Waals surface area contributed by atoms with E-state index in [1.807, 2.05) is 0 Å². The molecule has 0 aliphatic carbocycles. The molecule has 0 fully saturated rings. The van der Waals surface area contributed by atoms with Crippen LogP contribution in [-0.2, 0) is 10.8 Å². The van der Waals surface area contributed by atoms with E-state index in [4.69, 9.17) is 5.73 Å². The number of thiazole rings is 1. The number of amides is 1. The molecule has 1 atom stereocenters. The number of carbonyl (C=O) groups excluding carboxylic acids is 1. The Morgan fingerprint density at radius 3 is 2.74 bits per heavy atom. The Bertz CT molecular complexity index is 733. The van der Waals surface area contributed by atoms with Crippen LogP contribution >= 0.6 is 11.3 Å². The smallest absolute Gasteiger partial charge is 0.261 e. The second kappa shape index (κ2) is 5.06. The van der Waals surface area contributed by atoms with Crippen molar-refractivity contribution in [3.05, 3.63) is 33.1 Å². The summed E-state index contributed by atoms with van der Waals surface area (Å²) in [6.45, 7) is 1.70. The van der Waals surface area contributed by atoms with E-state index in [0.717, 1.165) is 0 Å². The first-order valence-corrected chi connectivity index (χ1v) is 7.67. The number of H-pyrrole nitrogens is 1. The zero-order valence-electron chi connectivity index (χ0n) is 10.2. The van der Waals surface area contributed by atoms with Crippen LogP contribution in [0.5, 0.6) is 0 Å². The first-order valence-electron chi connectivity index (χ1n) is 5.23. The minimum Gasteiger partial charge on any atom is -0.365 e. The van der Waals surface area contributed by atoms with Gasteiger partial charge in [0, 0.05) is 22.9 Å². The molecule has 2 rings (SSSR count). The Labute approximate surface area is 115 Å². The summed E-state index contributed by atoms with van der Waals surface area (Å²) < 4.78 is 11.8. The van der Waals surface area contributed by atoms with Crippen LogP contribution in [-0.4, -0.2) is 26.3 Å². The molecular formula is C11H11N3O3S2. The average Bonchev–Trinajstić information content (AvgIpc) is 2.77. The highest BCUT2D eigenvalue weighted by Gasteiger charge is 2.14. The monoisotopic (exact) mass is 297 g/mol. The molecule has 0 aliphatic rings. The molecule has 2 aromatic rings. The number of hydrogen-bond acceptors (Lipinski definition) is 5. The SMILES string of the molecule is Cc1[nH]c(=O)c(C(N)=O)cc1-c1csc(S(C)=O)n1. The summed E-state index contributed by atoms with van der Waals surface area (Å²) >= 11 is 1.26. The number of carbonyl (C=O) groups is 1. The van der Waals surface area contributed by atoms with Gasteiger partial charge in [0.05, 0.1) is 16.5 Å². The molecule has 19 heavy (non-hydrogen) atoms. The van der Waals surface area contributed by atoms with Crippen molar-refractivity contribution in [1.82, 2.24) is 9.97 Å². The molecular weight excluding hydrogens is 286 g/mol. The number of primary amides is 1. The number of nitrogens with one attached hydrogen (secondary N) is 1. The van der Waals surface area contributed by atoms with E-state index in [2.05, 4.69) is 9.97 Å². The van der Waals surface area contributed by atoms with E-state index >= 15 is 0 Å². The van der Waals surface area contributed by atoms with E-state index in [1.54, 1.807) is 12.3 Å². The lowest BCUT2D eigenvalue weighted by Gasteiger charge is -2.04. The van der Waals surface area contributed by atoms with Gasteiger partial charge in [0.1, 0.15) is 5.56 Å². The second-order valence-corrected chi connectivity index (χ2v) is 6.28. The largest absolute Gasteiger partial charge is 0.365 e. The summed E-state index contributed by atoms with van der Waals surface area (Å²) in [6.07, 6.45) is 1.54. The second-order valence-electron chi connectivity index (χ2n) is 3.87. The maximum atomic E-state index is 11.6. The van der Waals surface area contributed by atoms with Gasteiger partial charge < -0.3 is 10.7 Å². The van der Waals surface area contributed by atoms with Crippen LogP contribution in [0.2, 0.25) is 0 Å². The fourth-order valence-corrected chi connectivity index (χ4v) is 3.04. The molecule has 0 radical (unpaired) electrons. The normalized spacial score (nSPS) is 12.3. The Hall–Kier alpha value is -1.80. The molecule has 0 spiro atoms. The predicted octanol–water partition coefficient (Wildman–Crippen LogP) is 0.643. The van der Waals surface area contributed by atoms with Crippen molar-refractivity contribution in [2.75, 3.05) is 6.26 Å². The summed E-state index contributed by atoms with van der Waals surface area (Å²) in [5, 5.41) is 1.72. The van der Waals surface area contributed by atoms with Gasteiger partial charge in [0.2, 0.25) is 0 Å². The number of nitrogens with zero attached hydrogens (tertiary/aromatic N) is 1. The first kappa shape index (κ1) is 13.6. The number of aromatic nitrogens is 2. The van der Waals surface area contributed by atoms with E-state index < -0.39 is 22.3 Å². The van der Waals surface area contributed by atoms with E-state index in [0.29, 0.717) is 21.3 Å². The van der Waals surface area contributed by atoms with Crippen molar-refractivity contribution in [1.29, 1.82) is 0 Å². The molecule has 0 aliphatic heterocycles. The van der Waals surface area contributed by atoms with Crippen LogP contribution in [0.25, 0.3) is 11.3 Å². The maximum Gasteiger partial charge on any atom is 0.261 e. The van der Waals surface area contributed by atoms with Gasteiger partial charge in [-0.3, -0.25) is 13.8 Å². The Kier molecular flexibility index (Phi) is 3.63. The van der Waals surface area contributed by atoms with Crippen molar-refractivity contribution >= 4 is 28.0 Å².